The second kappa shape index (κ2) is 11.3. The Morgan fingerprint density at radius 3 is 2.42 bits per heavy atom. The molecule has 0 aliphatic carbocycles. The highest BCUT2D eigenvalue weighted by molar-refractivity contribution is 7.09. The van der Waals surface area contributed by atoms with Crippen LogP contribution in [-0.2, 0) is 25.6 Å². The van der Waals surface area contributed by atoms with Crippen LogP contribution in [0.1, 0.15) is 17.7 Å². The normalized spacial score (nSPS) is 21.3. The maximum atomic E-state index is 12.8. The van der Waals surface area contributed by atoms with Gasteiger partial charge in [0, 0.05) is 44.1 Å². The van der Waals surface area contributed by atoms with Gasteiger partial charge in [0.2, 0.25) is 5.91 Å². The number of aliphatic carboxylic acids is 1. The van der Waals surface area contributed by atoms with E-state index in [4.69, 9.17) is 19.4 Å². The van der Waals surface area contributed by atoms with Gasteiger partial charge in [0.05, 0.1) is 19.1 Å². The molecule has 3 heterocycles. The van der Waals surface area contributed by atoms with Gasteiger partial charge in [0.15, 0.2) is 0 Å². The maximum Gasteiger partial charge on any atom is 0.490 e. The number of hydrogen-bond acceptors (Lipinski definition) is 6. The van der Waals surface area contributed by atoms with Crippen molar-refractivity contribution in [3.05, 3.63) is 22.4 Å². The summed E-state index contributed by atoms with van der Waals surface area (Å²) in [6.07, 6.45) is -2.94. The summed E-state index contributed by atoms with van der Waals surface area (Å²) in [7, 11) is 3.39. The van der Waals surface area contributed by atoms with Gasteiger partial charge in [0.1, 0.15) is 0 Å². The summed E-state index contributed by atoms with van der Waals surface area (Å²) in [6.45, 7) is 5.84. The average molecular weight is 467 g/mol. The lowest BCUT2D eigenvalue weighted by Crippen LogP contribution is -2.45. The lowest BCUT2D eigenvalue weighted by molar-refractivity contribution is -0.192. The monoisotopic (exact) mass is 466 g/mol. The van der Waals surface area contributed by atoms with E-state index < -0.39 is 12.1 Å². The smallest absolute Gasteiger partial charge is 0.475 e. The van der Waals surface area contributed by atoms with Crippen molar-refractivity contribution in [1.82, 2.24) is 9.80 Å². The molecule has 2 aliphatic heterocycles. The first-order valence-electron chi connectivity index (χ1n) is 9.94. The highest BCUT2D eigenvalue weighted by Crippen LogP contribution is 2.45. The van der Waals surface area contributed by atoms with Crippen molar-refractivity contribution in [3.8, 4) is 0 Å². The molecule has 7 nitrogen and oxygen atoms in total. The number of rotatable bonds is 7. The zero-order valence-corrected chi connectivity index (χ0v) is 18.5. The number of thiophene rings is 1. The quantitative estimate of drug-likeness (QED) is 0.666. The summed E-state index contributed by atoms with van der Waals surface area (Å²) in [5.41, 5.74) is 0.0762. The number of piperidine rings is 1. The van der Waals surface area contributed by atoms with E-state index in [0.717, 1.165) is 39.0 Å². The van der Waals surface area contributed by atoms with Crippen molar-refractivity contribution in [2.45, 2.75) is 25.6 Å². The van der Waals surface area contributed by atoms with Gasteiger partial charge in [-0.15, -0.1) is 11.3 Å². The molecule has 3 rings (SSSR count). The van der Waals surface area contributed by atoms with E-state index in [-0.39, 0.29) is 17.2 Å². The topological polar surface area (TPSA) is 79.3 Å². The molecule has 0 saturated carbocycles. The molecule has 1 amide bonds. The molecule has 1 atom stereocenters. The van der Waals surface area contributed by atoms with E-state index >= 15 is 0 Å². The molecule has 2 fully saturated rings. The van der Waals surface area contributed by atoms with E-state index in [9.17, 15) is 18.0 Å². The van der Waals surface area contributed by atoms with Crippen LogP contribution in [0.5, 0.6) is 0 Å². The predicted octanol–water partition coefficient (Wildman–Crippen LogP) is 2.71. The minimum Gasteiger partial charge on any atom is -0.475 e. The summed E-state index contributed by atoms with van der Waals surface area (Å²) < 4.78 is 42.3. The highest BCUT2D eigenvalue weighted by Gasteiger charge is 2.52. The number of amides is 1. The molecule has 1 spiro atoms. The van der Waals surface area contributed by atoms with Gasteiger partial charge in [-0.3, -0.25) is 9.69 Å². The predicted molar refractivity (Wildman–Crippen MR) is 109 cm³/mol. The van der Waals surface area contributed by atoms with Crippen molar-refractivity contribution < 1.29 is 37.3 Å². The van der Waals surface area contributed by atoms with Crippen LogP contribution in [0.4, 0.5) is 13.2 Å². The van der Waals surface area contributed by atoms with E-state index in [2.05, 4.69) is 22.4 Å². The zero-order valence-electron chi connectivity index (χ0n) is 17.7. The fourth-order valence-corrected chi connectivity index (χ4v) is 4.89. The van der Waals surface area contributed by atoms with E-state index in [1.54, 1.807) is 14.2 Å². The van der Waals surface area contributed by atoms with Gasteiger partial charge in [-0.1, -0.05) is 6.07 Å². The Bertz CT molecular complexity index is 706. The van der Waals surface area contributed by atoms with Crippen LogP contribution in [0, 0.1) is 11.3 Å². The largest absolute Gasteiger partial charge is 0.490 e. The third kappa shape index (κ3) is 6.90. The minimum atomic E-state index is -5.08. The Balaban J connectivity index is 0.000000423. The molecule has 1 aromatic heterocycles. The van der Waals surface area contributed by atoms with Crippen LogP contribution in [0.3, 0.4) is 0 Å². The van der Waals surface area contributed by atoms with Gasteiger partial charge in [-0.25, -0.2) is 4.79 Å². The molecule has 0 radical (unpaired) electrons. The number of ether oxygens (including phenoxy) is 2. The van der Waals surface area contributed by atoms with Crippen LogP contribution in [0.15, 0.2) is 17.5 Å². The van der Waals surface area contributed by atoms with Crippen molar-refractivity contribution in [3.63, 3.8) is 0 Å². The van der Waals surface area contributed by atoms with Crippen molar-refractivity contribution >= 4 is 23.2 Å². The van der Waals surface area contributed by atoms with Crippen LogP contribution < -0.4 is 0 Å². The molecule has 0 bridgehead atoms. The number of carbonyl (C=O) groups is 2. The summed E-state index contributed by atoms with van der Waals surface area (Å²) >= 11 is 1.82. The second-order valence-electron chi connectivity index (χ2n) is 7.78. The third-order valence-corrected chi connectivity index (χ3v) is 6.67. The number of methoxy groups -OCH3 is 2. The van der Waals surface area contributed by atoms with Gasteiger partial charge >= 0.3 is 12.1 Å². The van der Waals surface area contributed by atoms with Gasteiger partial charge in [-0.2, -0.15) is 13.2 Å². The molecule has 1 unspecified atom stereocenters. The number of alkyl halides is 3. The molecule has 176 valence electrons. The number of carbonyl (C=O) groups excluding carboxylic acids is 1. The zero-order chi connectivity index (χ0) is 23.1. The molecule has 1 aromatic rings. The SMILES string of the molecule is COCCN1CC2(CCN(Cc3cccs3)CC2)C(COC)C1=O.O=C(O)C(F)(F)F. The summed E-state index contributed by atoms with van der Waals surface area (Å²) in [6, 6.07) is 4.32. The minimum absolute atomic E-state index is 0.00300. The van der Waals surface area contributed by atoms with E-state index in [0.29, 0.717) is 19.8 Å². The van der Waals surface area contributed by atoms with Crippen LogP contribution in [-0.4, -0.2) is 86.6 Å². The standard InChI is InChI=1S/C18H28N2O3S.C2HF3O2/c1-22-10-9-20-14-18(16(13-23-2)17(20)21)5-7-19(8-6-18)12-15-4-3-11-24-15;3-2(4,5)1(6)7/h3-4,11,16H,5-10,12-14H2,1-2H3;(H,6,7). The summed E-state index contributed by atoms with van der Waals surface area (Å²) in [5, 5.41) is 9.26. The molecule has 31 heavy (non-hydrogen) atoms. The Hall–Kier alpha value is -1.69. The Kier molecular flexibility index (Phi) is 9.28. The summed E-state index contributed by atoms with van der Waals surface area (Å²) in [5.74, 6) is -2.50. The van der Waals surface area contributed by atoms with Crippen molar-refractivity contribution in [1.29, 1.82) is 0 Å². The average Bonchev–Trinajstić information content (AvgIpc) is 3.31. The van der Waals surface area contributed by atoms with Gasteiger partial charge in [-0.05, 0) is 37.4 Å². The van der Waals surface area contributed by atoms with Crippen LogP contribution in [0.25, 0.3) is 0 Å². The maximum absolute atomic E-state index is 12.8. The van der Waals surface area contributed by atoms with E-state index in [1.165, 1.54) is 4.88 Å². The lowest BCUT2D eigenvalue weighted by Gasteiger charge is -2.41. The molecular formula is C20H29F3N2O5S. The second-order valence-corrected chi connectivity index (χ2v) is 8.81. The molecule has 0 aromatic carbocycles. The molecular weight excluding hydrogens is 437 g/mol. The molecule has 1 N–H and O–H groups in total. The third-order valence-electron chi connectivity index (χ3n) is 5.81. The Morgan fingerprint density at radius 1 is 1.29 bits per heavy atom. The Morgan fingerprint density at radius 2 is 1.94 bits per heavy atom. The lowest BCUT2D eigenvalue weighted by atomic mass is 9.71. The highest BCUT2D eigenvalue weighted by atomic mass is 32.1. The number of nitrogens with zero attached hydrogens (tertiary/aromatic N) is 2. The summed E-state index contributed by atoms with van der Waals surface area (Å²) in [4.78, 5) is 27.6. The molecule has 2 saturated heterocycles. The van der Waals surface area contributed by atoms with Crippen LogP contribution in [0.2, 0.25) is 0 Å². The van der Waals surface area contributed by atoms with Crippen LogP contribution >= 0.6 is 11.3 Å². The molecule has 2 aliphatic rings. The number of likely N-dealkylation sites (tertiary alicyclic amines) is 2. The van der Waals surface area contributed by atoms with Gasteiger partial charge < -0.3 is 19.5 Å². The fraction of sp³-hybridized carbons (Fsp3) is 0.700. The first-order valence-corrected chi connectivity index (χ1v) is 10.8. The van der Waals surface area contributed by atoms with Crippen molar-refractivity contribution in [2.75, 3.05) is 53.6 Å². The van der Waals surface area contributed by atoms with E-state index in [1.807, 2.05) is 16.2 Å². The number of hydrogen-bond donors (Lipinski definition) is 1. The number of carboxylic acids is 1. The number of halogens is 3. The molecule has 11 heteroatoms. The number of carboxylic acid groups (broad SMARTS) is 1. The Labute approximate surface area is 183 Å². The first-order chi connectivity index (χ1) is 14.6. The first kappa shape index (κ1) is 25.6. The van der Waals surface area contributed by atoms with Gasteiger partial charge in [0.25, 0.3) is 0 Å². The van der Waals surface area contributed by atoms with Crippen molar-refractivity contribution in [2.24, 2.45) is 11.3 Å². The fourth-order valence-electron chi connectivity index (χ4n) is 4.14.